The quantitative estimate of drug-likeness (QED) is 0.377. The number of phenolic OH excluding ortho intramolecular Hbond substituents is 1. The number of nitrogens with zero attached hydrogens (tertiary/aromatic N) is 2. The lowest BCUT2D eigenvalue weighted by molar-refractivity contribution is -0.133. The van der Waals surface area contributed by atoms with E-state index in [1.165, 1.54) is 18.4 Å². The first-order chi connectivity index (χ1) is 18.3. The van der Waals surface area contributed by atoms with E-state index in [2.05, 4.69) is 4.90 Å². The van der Waals surface area contributed by atoms with E-state index in [0.29, 0.717) is 48.1 Å². The molecule has 0 bridgehead atoms. The normalized spacial score (nSPS) is 13.6. The van der Waals surface area contributed by atoms with Crippen LogP contribution in [0.2, 0.25) is 5.02 Å². The maximum atomic E-state index is 13.1. The molecule has 38 heavy (non-hydrogen) atoms. The SMILES string of the molecule is COc1ccc(-c2coc3cc(OCC(=O)N4CCN(c5cc(Cl)ccc5C)CC4)cc(O)c3c2=O)cc1. The molecule has 1 saturated heterocycles. The Bertz CT molecular complexity index is 1540. The van der Waals surface area contributed by atoms with E-state index in [1.807, 2.05) is 25.1 Å². The summed E-state index contributed by atoms with van der Waals surface area (Å²) in [6, 6.07) is 15.6. The van der Waals surface area contributed by atoms with Gasteiger partial charge in [-0.2, -0.15) is 0 Å². The minimum absolute atomic E-state index is 0.0458. The first-order valence-corrected chi connectivity index (χ1v) is 12.6. The Kier molecular flexibility index (Phi) is 7.15. The molecule has 0 radical (unpaired) electrons. The Hall–Kier alpha value is -4.17. The second-order valence-corrected chi connectivity index (χ2v) is 9.55. The van der Waals surface area contributed by atoms with Crippen molar-refractivity contribution in [3.05, 3.63) is 81.7 Å². The fraction of sp³-hybridized carbons (Fsp3) is 0.241. The van der Waals surface area contributed by atoms with Gasteiger partial charge in [0.15, 0.2) is 6.61 Å². The van der Waals surface area contributed by atoms with E-state index in [9.17, 15) is 14.7 Å². The van der Waals surface area contributed by atoms with Gasteiger partial charge in [0.2, 0.25) is 5.43 Å². The molecule has 8 nitrogen and oxygen atoms in total. The molecule has 1 amide bonds. The maximum Gasteiger partial charge on any atom is 0.260 e. The summed E-state index contributed by atoms with van der Waals surface area (Å²) >= 11 is 6.16. The fourth-order valence-corrected chi connectivity index (χ4v) is 4.78. The van der Waals surface area contributed by atoms with E-state index >= 15 is 0 Å². The molecule has 0 atom stereocenters. The molecule has 0 saturated carbocycles. The molecule has 0 aliphatic carbocycles. The number of benzene rings is 3. The maximum absolute atomic E-state index is 13.1. The lowest BCUT2D eigenvalue weighted by Crippen LogP contribution is -2.50. The third kappa shape index (κ3) is 5.13. The highest BCUT2D eigenvalue weighted by Gasteiger charge is 2.23. The van der Waals surface area contributed by atoms with E-state index in [-0.39, 0.29) is 40.4 Å². The van der Waals surface area contributed by atoms with Crippen LogP contribution in [0.15, 0.2) is 70.1 Å². The average molecular weight is 535 g/mol. The van der Waals surface area contributed by atoms with E-state index < -0.39 is 0 Å². The van der Waals surface area contributed by atoms with Gasteiger partial charge in [-0.25, -0.2) is 0 Å². The van der Waals surface area contributed by atoms with E-state index in [1.54, 1.807) is 36.3 Å². The molecule has 1 N–H and O–H groups in total. The summed E-state index contributed by atoms with van der Waals surface area (Å²) in [4.78, 5) is 29.9. The van der Waals surface area contributed by atoms with Crippen molar-refractivity contribution in [1.29, 1.82) is 0 Å². The fourth-order valence-electron chi connectivity index (χ4n) is 4.62. The number of amides is 1. The van der Waals surface area contributed by atoms with Crippen molar-refractivity contribution < 1.29 is 23.8 Å². The smallest absolute Gasteiger partial charge is 0.260 e. The van der Waals surface area contributed by atoms with Crippen molar-refractivity contribution in [2.45, 2.75) is 6.92 Å². The molecule has 1 fully saturated rings. The summed E-state index contributed by atoms with van der Waals surface area (Å²) in [5, 5.41) is 11.3. The topological polar surface area (TPSA) is 92.5 Å². The largest absolute Gasteiger partial charge is 0.507 e. The van der Waals surface area contributed by atoms with Crippen LogP contribution in [0.1, 0.15) is 5.56 Å². The van der Waals surface area contributed by atoms with Gasteiger partial charge in [-0.3, -0.25) is 9.59 Å². The molecule has 4 aromatic rings. The van der Waals surface area contributed by atoms with Crippen LogP contribution in [-0.2, 0) is 4.79 Å². The number of phenols is 1. The Morgan fingerprint density at radius 1 is 1.03 bits per heavy atom. The van der Waals surface area contributed by atoms with Crippen molar-refractivity contribution in [2.24, 2.45) is 0 Å². The van der Waals surface area contributed by atoms with Gasteiger partial charge in [0.05, 0.1) is 12.7 Å². The number of aromatic hydroxyl groups is 1. The minimum Gasteiger partial charge on any atom is -0.507 e. The number of hydrogen-bond donors (Lipinski definition) is 1. The first-order valence-electron chi connectivity index (χ1n) is 12.2. The summed E-state index contributed by atoms with van der Waals surface area (Å²) in [6.45, 7) is 4.32. The Balaban J connectivity index is 1.25. The molecule has 9 heteroatoms. The van der Waals surface area contributed by atoms with Crippen LogP contribution in [0.4, 0.5) is 5.69 Å². The standard InChI is InChI=1S/C29H27ClN2O6/c1-18-3-6-20(30)13-24(18)31-9-11-32(12-10-31)27(34)17-37-22-14-25(33)28-26(15-22)38-16-23(29(28)35)19-4-7-21(36-2)8-5-19/h3-8,13-16,33H,9-12,17H2,1-2H3. The van der Waals surface area contributed by atoms with Crippen LogP contribution in [0, 0.1) is 6.92 Å². The summed E-state index contributed by atoms with van der Waals surface area (Å²) in [5.74, 6) is 0.455. The second kappa shape index (κ2) is 10.7. The number of ether oxygens (including phenoxy) is 2. The lowest BCUT2D eigenvalue weighted by Gasteiger charge is -2.36. The molecule has 1 aromatic heterocycles. The van der Waals surface area contributed by atoms with Gasteiger partial charge in [-0.15, -0.1) is 0 Å². The molecular weight excluding hydrogens is 508 g/mol. The summed E-state index contributed by atoms with van der Waals surface area (Å²) in [6.07, 6.45) is 1.35. The van der Waals surface area contributed by atoms with Crippen molar-refractivity contribution in [1.82, 2.24) is 4.90 Å². The van der Waals surface area contributed by atoms with Crippen molar-refractivity contribution in [3.8, 4) is 28.4 Å². The van der Waals surface area contributed by atoms with E-state index in [0.717, 1.165) is 11.3 Å². The van der Waals surface area contributed by atoms with Gasteiger partial charge in [0.1, 0.15) is 34.5 Å². The number of carbonyl (C=O) groups excluding carboxylic acids is 1. The molecule has 2 heterocycles. The summed E-state index contributed by atoms with van der Waals surface area (Å²) < 4.78 is 16.5. The highest BCUT2D eigenvalue weighted by molar-refractivity contribution is 6.30. The van der Waals surface area contributed by atoms with Gasteiger partial charge in [-0.05, 0) is 42.3 Å². The highest BCUT2D eigenvalue weighted by atomic mass is 35.5. The van der Waals surface area contributed by atoms with Gasteiger partial charge < -0.3 is 28.8 Å². The third-order valence-corrected chi connectivity index (χ3v) is 6.97. The van der Waals surface area contributed by atoms with Crippen LogP contribution in [-0.4, -0.2) is 55.8 Å². The zero-order valence-electron chi connectivity index (χ0n) is 21.1. The van der Waals surface area contributed by atoms with Crippen molar-refractivity contribution >= 4 is 34.2 Å². The number of methoxy groups -OCH3 is 1. The number of anilines is 1. The average Bonchev–Trinajstić information content (AvgIpc) is 2.93. The third-order valence-electron chi connectivity index (χ3n) is 6.74. The van der Waals surface area contributed by atoms with Gasteiger partial charge >= 0.3 is 0 Å². The Morgan fingerprint density at radius 3 is 2.47 bits per heavy atom. The van der Waals surface area contributed by atoms with Crippen LogP contribution in [0.3, 0.4) is 0 Å². The monoisotopic (exact) mass is 534 g/mol. The first kappa shape index (κ1) is 25.5. The second-order valence-electron chi connectivity index (χ2n) is 9.11. The van der Waals surface area contributed by atoms with Crippen molar-refractivity contribution in [2.75, 3.05) is 44.8 Å². The van der Waals surface area contributed by atoms with Crippen LogP contribution < -0.4 is 19.8 Å². The molecule has 5 rings (SSSR count). The Labute approximate surface area is 224 Å². The van der Waals surface area contributed by atoms with E-state index in [4.69, 9.17) is 25.5 Å². The molecular formula is C29H27ClN2O6. The number of carbonyl (C=O) groups is 1. The molecule has 0 spiro atoms. The Morgan fingerprint density at radius 2 is 1.76 bits per heavy atom. The predicted molar refractivity (Wildman–Crippen MR) is 147 cm³/mol. The number of piperazine rings is 1. The van der Waals surface area contributed by atoms with Crippen molar-refractivity contribution in [3.63, 3.8) is 0 Å². The van der Waals surface area contributed by atoms with Gasteiger partial charge in [0, 0.05) is 49.0 Å². The molecule has 1 aliphatic rings. The van der Waals surface area contributed by atoms with Gasteiger partial charge in [0.25, 0.3) is 5.91 Å². The summed E-state index contributed by atoms with van der Waals surface area (Å²) in [7, 11) is 1.56. The lowest BCUT2D eigenvalue weighted by atomic mass is 10.0. The van der Waals surface area contributed by atoms with Gasteiger partial charge in [-0.1, -0.05) is 29.8 Å². The van der Waals surface area contributed by atoms with Crippen LogP contribution in [0.25, 0.3) is 22.1 Å². The number of aryl methyl sites for hydroxylation is 1. The molecule has 1 aliphatic heterocycles. The molecule has 3 aromatic carbocycles. The number of rotatable bonds is 6. The number of fused-ring (bicyclic) bond motifs is 1. The number of hydrogen-bond acceptors (Lipinski definition) is 7. The molecule has 196 valence electrons. The number of halogens is 1. The zero-order chi connectivity index (χ0) is 26.8. The highest BCUT2D eigenvalue weighted by Crippen LogP contribution is 2.31. The summed E-state index contributed by atoms with van der Waals surface area (Å²) in [5.41, 5.74) is 2.95. The van der Waals surface area contributed by atoms with Crippen LogP contribution in [0.5, 0.6) is 17.2 Å². The zero-order valence-corrected chi connectivity index (χ0v) is 21.8. The molecule has 0 unspecified atom stereocenters. The predicted octanol–water partition coefficient (Wildman–Crippen LogP) is 4.86. The minimum atomic E-state index is -0.371. The van der Waals surface area contributed by atoms with Crippen LogP contribution >= 0.6 is 11.6 Å².